The fourth-order valence-electron chi connectivity index (χ4n) is 3.44. The summed E-state index contributed by atoms with van der Waals surface area (Å²) in [5.41, 5.74) is 1.23. The van der Waals surface area contributed by atoms with Gasteiger partial charge in [0.05, 0.1) is 5.92 Å². The van der Waals surface area contributed by atoms with Gasteiger partial charge >= 0.3 is 5.97 Å². The molecule has 2 unspecified atom stereocenters. The molecule has 0 saturated carbocycles. The Kier molecular flexibility index (Phi) is 8.75. The van der Waals surface area contributed by atoms with Crippen molar-refractivity contribution < 1.29 is 14.0 Å². The fraction of sp³-hybridized carbons (Fsp3) is 0.708. The van der Waals surface area contributed by atoms with Gasteiger partial charge in [0.15, 0.2) is 8.32 Å². The highest BCUT2D eigenvalue weighted by Crippen LogP contribution is 2.36. The van der Waals surface area contributed by atoms with E-state index in [1.54, 1.807) is 0 Å². The van der Waals surface area contributed by atoms with Gasteiger partial charge < -0.3 is 9.16 Å². The molecule has 1 aliphatic heterocycles. The Morgan fingerprint density at radius 2 is 1.57 bits per heavy atom. The number of unbranched alkanes of at least 4 members (excludes halogenated alkanes) is 5. The minimum Gasteiger partial charge on any atom is -0.461 e. The first kappa shape index (κ1) is 23.1. The van der Waals surface area contributed by atoms with Gasteiger partial charge in [-0.05, 0) is 49.4 Å². The lowest BCUT2D eigenvalue weighted by molar-refractivity contribution is -0.185. The molecule has 0 amide bonds. The quantitative estimate of drug-likeness (QED) is 0.226. The molecule has 1 aromatic carbocycles. The number of cyclic esters (lactones) is 1. The molecule has 1 aromatic rings. The van der Waals surface area contributed by atoms with E-state index in [-0.39, 0.29) is 18.0 Å². The van der Waals surface area contributed by atoms with Gasteiger partial charge in [-0.2, -0.15) is 0 Å². The fourth-order valence-corrected chi connectivity index (χ4v) is 4.53. The van der Waals surface area contributed by atoms with Crippen LogP contribution in [0, 0.1) is 5.92 Å². The molecule has 2 rings (SSSR count). The summed E-state index contributed by atoms with van der Waals surface area (Å²) < 4.78 is 11.6. The van der Waals surface area contributed by atoms with E-state index < -0.39 is 8.32 Å². The molecule has 1 heterocycles. The number of esters is 1. The zero-order valence-electron chi connectivity index (χ0n) is 18.6. The number of carbonyl (C=O) groups is 1. The third-order valence-electron chi connectivity index (χ3n) is 6.47. The Balaban J connectivity index is 1.50. The summed E-state index contributed by atoms with van der Waals surface area (Å²) >= 11 is 0. The van der Waals surface area contributed by atoms with Gasteiger partial charge in [0.1, 0.15) is 6.10 Å². The minimum atomic E-state index is -1.58. The topological polar surface area (TPSA) is 35.5 Å². The molecule has 0 radical (unpaired) electrons. The minimum absolute atomic E-state index is 0.0180. The predicted molar refractivity (Wildman–Crippen MR) is 119 cm³/mol. The monoisotopic (exact) mass is 404 g/mol. The van der Waals surface area contributed by atoms with Crippen LogP contribution in [0.2, 0.25) is 18.1 Å². The molecule has 0 aliphatic carbocycles. The highest BCUT2D eigenvalue weighted by molar-refractivity contribution is 6.74. The first-order chi connectivity index (χ1) is 13.2. The maximum atomic E-state index is 11.8. The number of carbonyl (C=O) groups excluding carboxylic acids is 1. The second-order valence-corrected chi connectivity index (χ2v) is 14.6. The van der Waals surface area contributed by atoms with Crippen LogP contribution < -0.4 is 0 Å². The Morgan fingerprint density at radius 3 is 2.18 bits per heavy atom. The molecule has 28 heavy (non-hydrogen) atoms. The van der Waals surface area contributed by atoms with E-state index in [1.807, 2.05) is 18.2 Å². The van der Waals surface area contributed by atoms with Crippen LogP contribution in [0.1, 0.15) is 71.3 Å². The molecule has 158 valence electrons. The molecule has 0 spiro atoms. The van der Waals surface area contributed by atoms with Crippen molar-refractivity contribution in [3.05, 3.63) is 35.9 Å². The van der Waals surface area contributed by atoms with Crippen LogP contribution in [0.15, 0.2) is 30.3 Å². The lowest BCUT2D eigenvalue weighted by Crippen LogP contribution is -2.46. The predicted octanol–water partition coefficient (Wildman–Crippen LogP) is 6.52. The van der Waals surface area contributed by atoms with Crippen molar-refractivity contribution in [2.75, 3.05) is 6.61 Å². The summed E-state index contributed by atoms with van der Waals surface area (Å²) in [4.78, 5) is 11.8. The first-order valence-corrected chi connectivity index (χ1v) is 14.0. The van der Waals surface area contributed by atoms with Crippen LogP contribution in [-0.4, -0.2) is 27.0 Å². The molecular weight excluding hydrogens is 364 g/mol. The molecule has 0 N–H and O–H groups in total. The van der Waals surface area contributed by atoms with E-state index in [9.17, 15) is 4.79 Å². The smallest absolute Gasteiger partial charge is 0.313 e. The maximum absolute atomic E-state index is 11.8. The summed E-state index contributed by atoms with van der Waals surface area (Å²) in [5, 5.41) is 0.302. The molecule has 2 atom stereocenters. The zero-order valence-corrected chi connectivity index (χ0v) is 19.6. The molecule has 3 nitrogen and oxygen atoms in total. The van der Waals surface area contributed by atoms with Crippen molar-refractivity contribution in [3.63, 3.8) is 0 Å². The normalized spacial score (nSPS) is 20.0. The Morgan fingerprint density at radius 1 is 0.964 bits per heavy atom. The van der Waals surface area contributed by atoms with Crippen LogP contribution >= 0.6 is 0 Å². The summed E-state index contributed by atoms with van der Waals surface area (Å²) in [6.07, 6.45) is 9.32. The number of rotatable bonds is 12. The molecule has 4 heteroatoms. The summed E-state index contributed by atoms with van der Waals surface area (Å²) in [6, 6.07) is 10.3. The molecule has 0 aromatic heterocycles. The van der Waals surface area contributed by atoms with Crippen molar-refractivity contribution in [2.24, 2.45) is 5.92 Å². The van der Waals surface area contributed by atoms with E-state index in [1.165, 1.54) is 37.7 Å². The van der Waals surface area contributed by atoms with Gasteiger partial charge in [0.2, 0.25) is 0 Å². The largest absolute Gasteiger partial charge is 0.461 e. The molecule has 1 fully saturated rings. The maximum Gasteiger partial charge on any atom is 0.313 e. The average molecular weight is 405 g/mol. The third kappa shape index (κ3) is 7.04. The van der Waals surface area contributed by atoms with Crippen molar-refractivity contribution >= 4 is 14.3 Å². The second kappa shape index (κ2) is 10.6. The van der Waals surface area contributed by atoms with E-state index in [2.05, 4.69) is 46.0 Å². The first-order valence-electron chi connectivity index (χ1n) is 11.1. The summed E-state index contributed by atoms with van der Waals surface area (Å²) in [6.45, 7) is 12.4. The van der Waals surface area contributed by atoms with Gasteiger partial charge in [-0.15, -0.1) is 0 Å². The molecule has 1 saturated heterocycles. The van der Waals surface area contributed by atoms with Crippen molar-refractivity contribution in [1.29, 1.82) is 0 Å². The van der Waals surface area contributed by atoms with E-state index in [4.69, 9.17) is 9.16 Å². The second-order valence-electron chi connectivity index (χ2n) is 9.79. The van der Waals surface area contributed by atoms with Crippen LogP contribution in [0.5, 0.6) is 0 Å². The van der Waals surface area contributed by atoms with Crippen LogP contribution in [0.25, 0.3) is 0 Å². The van der Waals surface area contributed by atoms with Gasteiger partial charge in [0, 0.05) is 6.61 Å². The molecular formula is C24H40O3Si. The number of ether oxygens (including phenoxy) is 1. The lowest BCUT2D eigenvalue weighted by Gasteiger charge is -2.36. The highest BCUT2D eigenvalue weighted by Gasteiger charge is 2.41. The molecule has 0 bridgehead atoms. The number of hydrogen-bond acceptors (Lipinski definition) is 3. The highest BCUT2D eigenvalue weighted by atomic mass is 28.4. The number of hydrogen-bond donors (Lipinski definition) is 0. The average Bonchev–Trinajstić information content (AvgIpc) is 2.63. The van der Waals surface area contributed by atoms with Crippen molar-refractivity contribution in [3.8, 4) is 0 Å². The standard InChI is InChI=1S/C24H40O3Si/c1-24(2,3)28(4,5)26-18-14-9-7-6-8-13-17-22-21(23(25)27-22)19-20-15-11-10-12-16-20/h10-12,15-16,21-22H,6-9,13-14,17-19H2,1-5H3. The summed E-state index contributed by atoms with van der Waals surface area (Å²) in [5.74, 6) is 0.0467. The van der Waals surface area contributed by atoms with Gasteiger partial charge in [-0.3, -0.25) is 4.79 Å². The van der Waals surface area contributed by atoms with Gasteiger partial charge in [-0.25, -0.2) is 0 Å². The Hall–Kier alpha value is -1.13. The number of benzene rings is 1. The van der Waals surface area contributed by atoms with E-state index >= 15 is 0 Å². The zero-order chi connectivity index (χ0) is 20.6. The Bertz CT molecular complexity index is 592. The van der Waals surface area contributed by atoms with Crippen molar-refractivity contribution in [2.45, 2.75) is 96.4 Å². The third-order valence-corrected chi connectivity index (χ3v) is 11.0. The van der Waals surface area contributed by atoms with Crippen molar-refractivity contribution in [1.82, 2.24) is 0 Å². The molecule has 1 aliphatic rings. The van der Waals surface area contributed by atoms with Gasteiger partial charge in [-0.1, -0.05) is 76.8 Å². The van der Waals surface area contributed by atoms with Crippen LogP contribution in [0.3, 0.4) is 0 Å². The SMILES string of the molecule is CC(C)(C)[Si](C)(C)OCCCCCCCCC1OC(=O)C1Cc1ccccc1. The lowest BCUT2D eigenvalue weighted by atomic mass is 9.87. The van der Waals surface area contributed by atoms with Crippen LogP contribution in [0.4, 0.5) is 0 Å². The van der Waals surface area contributed by atoms with E-state index in [0.29, 0.717) is 5.04 Å². The summed E-state index contributed by atoms with van der Waals surface area (Å²) in [7, 11) is -1.58. The Labute approximate surface area is 173 Å². The van der Waals surface area contributed by atoms with Crippen LogP contribution in [-0.2, 0) is 20.4 Å². The van der Waals surface area contributed by atoms with Gasteiger partial charge in [0.25, 0.3) is 0 Å². The van der Waals surface area contributed by atoms with E-state index in [0.717, 1.165) is 25.9 Å².